The van der Waals surface area contributed by atoms with E-state index >= 15 is 0 Å². The lowest BCUT2D eigenvalue weighted by molar-refractivity contribution is 0.103. The van der Waals surface area contributed by atoms with Crippen LogP contribution < -0.4 is 5.73 Å². The molecule has 1 aromatic carbocycles. The Bertz CT molecular complexity index is 888. The Morgan fingerprint density at radius 3 is 2.62 bits per heavy atom. The Morgan fingerprint density at radius 2 is 2.00 bits per heavy atom. The molecule has 5 nitrogen and oxygen atoms in total. The summed E-state index contributed by atoms with van der Waals surface area (Å²) >= 11 is 7.19. The molecule has 1 aliphatic rings. The van der Waals surface area contributed by atoms with Crippen molar-refractivity contribution >= 4 is 43.8 Å². The summed E-state index contributed by atoms with van der Waals surface area (Å²) in [6, 6.07) is 6.68. The van der Waals surface area contributed by atoms with Crippen molar-refractivity contribution in [2.24, 2.45) is 0 Å². The van der Waals surface area contributed by atoms with Gasteiger partial charge in [0, 0.05) is 21.9 Å². The number of hydrogen-bond donors (Lipinski definition) is 1. The van der Waals surface area contributed by atoms with Crippen LogP contribution in [0.1, 0.15) is 32.8 Å². The molecule has 1 heterocycles. The lowest BCUT2D eigenvalue weighted by Gasteiger charge is -2.21. The summed E-state index contributed by atoms with van der Waals surface area (Å²) in [6.45, 7) is 0. The van der Waals surface area contributed by atoms with Crippen molar-refractivity contribution in [1.29, 1.82) is 0 Å². The van der Waals surface area contributed by atoms with Crippen molar-refractivity contribution in [1.82, 2.24) is 0 Å². The molecule has 2 aromatic rings. The number of fused-ring (bicyclic) bond motifs is 1. The molecule has 1 unspecified atom stereocenters. The van der Waals surface area contributed by atoms with Gasteiger partial charge < -0.3 is 5.73 Å². The fourth-order valence-corrected chi connectivity index (χ4v) is 4.87. The molecule has 0 amide bonds. The SMILES string of the molecule is CS(=O)(=O)OC1CCc2c(sc(N)c2C(=O)c2ccc(Cl)cc2)C1. The number of hydrogen-bond acceptors (Lipinski definition) is 6. The molecule has 0 spiro atoms. The van der Waals surface area contributed by atoms with Crippen molar-refractivity contribution in [3.05, 3.63) is 50.9 Å². The van der Waals surface area contributed by atoms with Crippen LogP contribution in [-0.4, -0.2) is 26.6 Å². The third-order valence-electron chi connectivity index (χ3n) is 3.89. The number of carbonyl (C=O) groups excluding carboxylic acids is 1. The Hall–Kier alpha value is -1.41. The van der Waals surface area contributed by atoms with Crippen molar-refractivity contribution in [3.63, 3.8) is 0 Å². The Balaban J connectivity index is 1.90. The zero-order valence-electron chi connectivity index (χ0n) is 12.9. The minimum absolute atomic E-state index is 0.135. The van der Waals surface area contributed by atoms with Crippen LogP contribution >= 0.6 is 22.9 Å². The van der Waals surface area contributed by atoms with Crippen LogP contribution in [0.3, 0.4) is 0 Å². The molecule has 0 saturated heterocycles. The molecule has 0 aliphatic heterocycles. The van der Waals surface area contributed by atoms with Crippen LogP contribution in [0.15, 0.2) is 24.3 Å². The second-order valence-corrected chi connectivity index (χ2v) is 8.92. The smallest absolute Gasteiger partial charge is 0.264 e. The fraction of sp³-hybridized carbons (Fsp3) is 0.312. The van der Waals surface area contributed by atoms with Crippen LogP contribution in [-0.2, 0) is 27.1 Å². The van der Waals surface area contributed by atoms with Gasteiger partial charge in [0.25, 0.3) is 10.1 Å². The first-order valence-electron chi connectivity index (χ1n) is 7.33. The minimum Gasteiger partial charge on any atom is -0.390 e. The summed E-state index contributed by atoms with van der Waals surface area (Å²) in [7, 11) is -3.50. The number of nitrogen functional groups attached to an aromatic ring is 1. The van der Waals surface area contributed by atoms with Crippen LogP contribution in [0, 0.1) is 0 Å². The van der Waals surface area contributed by atoms with Crippen molar-refractivity contribution < 1.29 is 17.4 Å². The highest BCUT2D eigenvalue weighted by Gasteiger charge is 2.30. The van der Waals surface area contributed by atoms with Gasteiger partial charge in [-0.3, -0.25) is 8.98 Å². The molecule has 0 bridgehead atoms. The standard InChI is InChI=1S/C16H16ClNO4S2/c1-24(20,21)22-11-6-7-12-13(8-11)23-16(18)14(12)15(19)9-2-4-10(17)5-3-9/h2-5,11H,6-8,18H2,1H3. The summed E-state index contributed by atoms with van der Waals surface area (Å²) in [4.78, 5) is 13.7. The van der Waals surface area contributed by atoms with Crippen LogP contribution in [0.4, 0.5) is 5.00 Å². The van der Waals surface area contributed by atoms with Gasteiger partial charge in [-0.05, 0) is 42.7 Å². The van der Waals surface area contributed by atoms with E-state index in [0.717, 1.165) is 16.7 Å². The van der Waals surface area contributed by atoms with Gasteiger partial charge in [0.1, 0.15) is 0 Å². The average molecular weight is 386 g/mol. The highest BCUT2D eigenvalue weighted by Crippen LogP contribution is 2.38. The van der Waals surface area contributed by atoms with Gasteiger partial charge in [0.05, 0.1) is 22.9 Å². The normalized spacial score (nSPS) is 17.5. The number of carbonyl (C=O) groups is 1. The van der Waals surface area contributed by atoms with Crippen LogP contribution in [0.5, 0.6) is 0 Å². The first-order chi connectivity index (χ1) is 11.2. The number of nitrogens with two attached hydrogens (primary N) is 1. The van der Waals surface area contributed by atoms with Gasteiger partial charge in [-0.2, -0.15) is 8.42 Å². The molecule has 128 valence electrons. The maximum Gasteiger partial charge on any atom is 0.264 e. The number of rotatable bonds is 4. The van der Waals surface area contributed by atoms with E-state index in [1.807, 2.05) is 0 Å². The van der Waals surface area contributed by atoms with Crippen molar-refractivity contribution in [2.75, 3.05) is 12.0 Å². The van der Waals surface area contributed by atoms with Crippen LogP contribution in [0.25, 0.3) is 0 Å². The van der Waals surface area contributed by atoms with Gasteiger partial charge in [-0.25, -0.2) is 0 Å². The van der Waals surface area contributed by atoms with E-state index in [0.29, 0.717) is 40.4 Å². The average Bonchev–Trinajstić information content (AvgIpc) is 2.80. The highest BCUT2D eigenvalue weighted by atomic mass is 35.5. The highest BCUT2D eigenvalue weighted by molar-refractivity contribution is 7.86. The molecular weight excluding hydrogens is 370 g/mol. The van der Waals surface area contributed by atoms with Crippen LogP contribution in [0.2, 0.25) is 5.02 Å². The molecule has 2 N–H and O–H groups in total. The van der Waals surface area contributed by atoms with Gasteiger partial charge in [0.2, 0.25) is 0 Å². The predicted molar refractivity (Wildman–Crippen MR) is 95.4 cm³/mol. The van der Waals surface area contributed by atoms with Gasteiger partial charge in [-0.15, -0.1) is 11.3 Å². The number of ketones is 1. The second kappa shape index (κ2) is 6.48. The molecule has 0 radical (unpaired) electrons. The molecule has 1 atom stereocenters. The molecule has 1 aromatic heterocycles. The fourth-order valence-electron chi connectivity index (χ4n) is 2.90. The molecule has 0 saturated carbocycles. The number of anilines is 1. The molecule has 0 fully saturated rings. The summed E-state index contributed by atoms with van der Waals surface area (Å²) < 4.78 is 27.7. The quantitative estimate of drug-likeness (QED) is 0.645. The van der Waals surface area contributed by atoms with Gasteiger partial charge in [-0.1, -0.05) is 11.6 Å². The van der Waals surface area contributed by atoms with Crippen molar-refractivity contribution in [2.45, 2.75) is 25.4 Å². The topological polar surface area (TPSA) is 86.5 Å². The molecule has 3 rings (SSSR count). The largest absolute Gasteiger partial charge is 0.390 e. The molecule has 1 aliphatic carbocycles. The molecule has 24 heavy (non-hydrogen) atoms. The summed E-state index contributed by atoms with van der Waals surface area (Å²) in [5.41, 5.74) is 8.03. The van der Waals surface area contributed by atoms with Crippen molar-refractivity contribution in [3.8, 4) is 0 Å². The van der Waals surface area contributed by atoms with Gasteiger partial charge >= 0.3 is 0 Å². The predicted octanol–water partition coefficient (Wildman–Crippen LogP) is 3.05. The zero-order chi connectivity index (χ0) is 17.5. The van der Waals surface area contributed by atoms with E-state index in [1.54, 1.807) is 24.3 Å². The van der Waals surface area contributed by atoms with E-state index in [-0.39, 0.29) is 5.78 Å². The third kappa shape index (κ3) is 3.64. The Labute approximate surface area is 149 Å². The zero-order valence-corrected chi connectivity index (χ0v) is 15.3. The number of benzene rings is 1. The summed E-state index contributed by atoms with van der Waals surface area (Å²) in [5, 5.41) is 1.02. The minimum atomic E-state index is -3.50. The molecule has 8 heteroatoms. The maximum absolute atomic E-state index is 12.8. The monoisotopic (exact) mass is 385 g/mol. The summed E-state index contributed by atoms with van der Waals surface area (Å²) in [6.07, 6.45) is 2.20. The number of halogens is 1. The van der Waals surface area contributed by atoms with E-state index in [1.165, 1.54) is 11.3 Å². The lowest BCUT2D eigenvalue weighted by atomic mass is 9.90. The number of thiophene rings is 1. The van der Waals surface area contributed by atoms with E-state index in [9.17, 15) is 13.2 Å². The maximum atomic E-state index is 12.8. The Kier molecular flexibility index (Phi) is 4.70. The van der Waals surface area contributed by atoms with E-state index in [2.05, 4.69) is 0 Å². The van der Waals surface area contributed by atoms with Gasteiger partial charge in [0.15, 0.2) is 5.78 Å². The van der Waals surface area contributed by atoms with E-state index < -0.39 is 16.2 Å². The first kappa shape index (κ1) is 17.4. The Morgan fingerprint density at radius 1 is 1.33 bits per heavy atom. The first-order valence-corrected chi connectivity index (χ1v) is 10.3. The summed E-state index contributed by atoms with van der Waals surface area (Å²) in [5.74, 6) is -0.135. The molecular formula is C16H16ClNO4S2. The van der Waals surface area contributed by atoms with E-state index in [4.69, 9.17) is 21.5 Å². The lowest BCUT2D eigenvalue weighted by Crippen LogP contribution is -2.25. The third-order valence-corrected chi connectivity index (χ3v) is 5.85. The second-order valence-electron chi connectivity index (χ2n) is 5.74.